The predicted octanol–water partition coefficient (Wildman–Crippen LogP) is 2.19. The lowest BCUT2D eigenvalue weighted by Crippen LogP contribution is -2.07. The summed E-state index contributed by atoms with van der Waals surface area (Å²) < 4.78 is 25.0. The molecule has 0 aliphatic carbocycles. The molecule has 0 fully saturated rings. The van der Waals surface area contributed by atoms with Crippen molar-refractivity contribution in [3.05, 3.63) is 26.6 Å². The summed E-state index contributed by atoms with van der Waals surface area (Å²) in [6, 6.07) is 2.65. The molecule has 0 saturated heterocycles. The fraction of sp³-hybridized carbons (Fsp3) is 0.125. The van der Waals surface area contributed by atoms with E-state index in [1.807, 2.05) is 0 Å². The van der Waals surface area contributed by atoms with Gasteiger partial charge in [-0.25, -0.2) is 18.6 Å². The number of hydrogen-bond donors (Lipinski definition) is 1. The smallest absolute Gasteiger partial charge is 0.354 e. The molecule has 0 aliphatic rings. The van der Waals surface area contributed by atoms with Crippen LogP contribution in [0.4, 0.5) is 8.78 Å². The third-order valence-corrected chi connectivity index (χ3v) is 2.39. The Morgan fingerprint density at radius 1 is 1.67 bits per heavy atom. The van der Waals surface area contributed by atoms with Crippen molar-refractivity contribution in [3.8, 4) is 6.07 Å². The summed E-state index contributed by atoms with van der Waals surface area (Å²) in [5.74, 6) is -1.40. The standard InChI is InChI=1S/C8H3F2IN2O2/c9-7(10)6-3(2-12)4(11)1-5(13-6)8(14)15/h1,7H,(H,14,15). The van der Waals surface area contributed by atoms with Crippen LogP contribution in [0.15, 0.2) is 6.07 Å². The number of aromatic nitrogens is 1. The summed E-state index contributed by atoms with van der Waals surface area (Å²) in [4.78, 5) is 13.8. The van der Waals surface area contributed by atoms with Crippen molar-refractivity contribution in [1.29, 1.82) is 5.26 Å². The topological polar surface area (TPSA) is 74.0 Å². The number of aromatic carboxylic acids is 1. The number of pyridine rings is 1. The SMILES string of the molecule is N#Cc1c(I)cc(C(=O)O)nc1C(F)F. The second-order valence-electron chi connectivity index (χ2n) is 2.47. The van der Waals surface area contributed by atoms with Gasteiger partial charge < -0.3 is 5.11 Å². The van der Waals surface area contributed by atoms with E-state index in [-0.39, 0.29) is 9.13 Å². The first-order chi connectivity index (χ1) is 6.97. The Morgan fingerprint density at radius 3 is 2.67 bits per heavy atom. The lowest BCUT2D eigenvalue weighted by molar-refractivity contribution is 0.0688. The molecule has 1 aromatic rings. The first-order valence-electron chi connectivity index (χ1n) is 3.59. The van der Waals surface area contributed by atoms with Crippen LogP contribution in [0.25, 0.3) is 0 Å². The molecule has 0 atom stereocenters. The summed E-state index contributed by atoms with van der Waals surface area (Å²) in [7, 11) is 0. The van der Waals surface area contributed by atoms with Crippen LogP contribution >= 0.6 is 22.6 Å². The molecule has 1 N–H and O–H groups in total. The zero-order chi connectivity index (χ0) is 11.6. The molecule has 1 rings (SSSR count). The number of hydrogen-bond acceptors (Lipinski definition) is 3. The summed E-state index contributed by atoms with van der Waals surface area (Å²) >= 11 is 1.62. The Labute approximate surface area is 96.7 Å². The van der Waals surface area contributed by atoms with Gasteiger partial charge in [0.1, 0.15) is 17.5 Å². The Kier molecular flexibility index (Phi) is 3.52. The number of carbonyl (C=O) groups is 1. The highest BCUT2D eigenvalue weighted by Gasteiger charge is 2.20. The third-order valence-electron chi connectivity index (χ3n) is 1.54. The van der Waals surface area contributed by atoms with Crippen LogP contribution in [0.5, 0.6) is 0 Å². The first kappa shape index (κ1) is 11.8. The summed E-state index contributed by atoms with van der Waals surface area (Å²) in [6.45, 7) is 0. The average molecular weight is 324 g/mol. The lowest BCUT2D eigenvalue weighted by Gasteiger charge is -2.05. The maximum absolute atomic E-state index is 12.4. The van der Waals surface area contributed by atoms with Crippen LogP contribution in [0.2, 0.25) is 0 Å². The maximum Gasteiger partial charge on any atom is 0.354 e. The second-order valence-corrected chi connectivity index (χ2v) is 3.63. The van der Waals surface area contributed by atoms with E-state index >= 15 is 0 Å². The molecular formula is C8H3F2IN2O2. The van der Waals surface area contributed by atoms with Crippen LogP contribution in [0.3, 0.4) is 0 Å². The van der Waals surface area contributed by atoms with Gasteiger partial charge in [-0.3, -0.25) is 0 Å². The minimum atomic E-state index is -2.97. The van der Waals surface area contributed by atoms with Crippen molar-refractivity contribution in [1.82, 2.24) is 4.98 Å². The fourth-order valence-electron chi connectivity index (χ4n) is 0.911. The summed E-state index contributed by atoms with van der Waals surface area (Å²) in [5.41, 5.74) is -1.56. The molecule has 1 aromatic heterocycles. The maximum atomic E-state index is 12.4. The van der Waals surface area contributed by atoms with Gasteiger partial charge in [0.15, 0.2) is 0 Å². The molecule has 0 unspecified atom stereocenters. The highest BCUT2D eigenvalue weighted by molar-refractivity contribution is 14.1. The largest absolute Gasteiger partial charge is 0.477 e. The van der Waals surface area contributed by atoms with Crippen molar-refractivity contribution in [2.24, 2.45) is 0 Å². The molecule has 0 aliphatic heterocycles. The van der Waals surface area contributed by atoms with Crippen LogP contribution in [0.1, 0.15) is 28.2 Å². The quantitative estimate of drug-likeness (QED) is 0.847. The van der Waals surface area contributed by atoms with Crippen molar-refractivity contribution in [2.45, 2.75) is 6.43 Å². The van der Waals surface area contributed by atoms with Crippen molar-refractivity contribution < 1.29 is 18.7 Å². The molecule has 0 aromatic carbocycles. The number of alkyl halides is 2. The molecule has 1 heterocycles. The van der Waals surface area contributed by atoms with Gasteiger partial charge in [-0.1, -0.05) is 0 Å². The molecule has 4 nitrogen and oxygen atoms in total. The fourth-order valence-corrected chi connectivity index (χ4v) is 1.60. The van der Waals surface area contributed by atoms with Gasteiger partial charge in [0, 0.05) is 3.57 Å². The molecule has 0 radical (unpaired) electrons. The van der Waals surface area contributed by atoms with E-state index in [1.54, 1.807) is 28.7 Å². The third kappa shape index (κ3) is 2.38. The first-order valence-corrected chi connectivity index (χ1v) is 4.67. The van der Waals surface area contributed by atoms with Crippen molar-refractivity contribution in [3.63, 3.8) is 0 Å². The van der Waals surface area contributed by atoms with Gasteiger partial charge in [-0.15, -0.1) is 0 Å². The van der Waals surface area contributed by atoms with Crippen molar-refractivity contribution in [2.75, 3.05) is 0 Å². The minimum Gasteiger partial charge on any atom is -0.477 e. The van der Waals surface area contributed by atoms with Gasteiger partial charge in [0.25, 0.3) is 6.43 Å². The highest BCUT2D eigenvalue weighted by atomic mass is 127. The van der Waals surface area contributed by atoms with E-state index in [2.05, 4.69) is 4.98 Å². The number of carboxylic acid groups (broad SMARTS) is 1. The van der Waals surface area contributed by atoms with Crippen molar-refractivity contribution >= 4 is 28.6 Å². The van der Waals surface area contributed by atoms with Gasteiger partial charge in [-0.2, -0.15) is 5.26 Å². The monoisotopic (exact) mass is 324 g/mol. The van der Waals surface area contributed by atoms with E-state index in [9.17, 15) is 13.6 Å². The second kappa shape index (κ2) is 4.48. The van der Waals surface area contributed by atoms with Gasteiger partial charge >= 0.3 is 5.97 Å². The van der Waals surface area contributed by atoms with Crippen LogP contribution < -0.4 is 0 Å². The molecule has 78 valence electrons. The number of carboxylic acids is 1. The Hall–Kier alpha value is -1.30. The number of nitrogens with zero attached hydrogens (tertiary/aromatic N) is 2. The van der Waals surface area contributed by atoms with Crippen LogP contribution in [0, 0.1) is 14.9 Å². The number of nitriles is 1. The predicted molar refractivity (Wildman–Crippen MR) is 53.6 cm³/mol. The Balaban J connectivity index is 3.47. The summed E-state index contributed by atoms with van der Waals surface area (Å²) in [5, 5.41) is 17.2. The summed E-state index contributed by atoms with van der Waals surface area (Å²) in [6.07, 6.45) is -2.97. The van der Waals surface area contributed by atoms with E-state index in [0.717, 1.165) is 6.07 Å². The zero-order valence-electron chi connectivity index (χ0n) is 7.04. The Bertz CT molecular complexity index is 457. The van der Waals surface area contributed by atoms with Gasteiger partial charge in [-0.05, 0) is 28.7 Å². The lowest BCUT2D eigenvalue weighted by atomic mass is 10.2. The average Bonchev–Trinajstić information content (AvgIpc) is 2.16. The minimum absolute atomic E-state index is 0.151. The van der Waals surface area contributed by atoms with Gasteiger partial charge in [0.05, 0.1) is 5.56 Å². The normalized spacial score (nSPS) is 10.1. The number of halogens is 3. The van der Waals surface area contributed by atoms with Crippen LogP contribution in [-0.4, -0.2) is 16.1 Å². The van der Waals surface area contributed by atoms with E-state index in [1.165, 1.54) is 0 Å². The molecule has 0 bridgehead atoms. The van der Waals surface area contributed by atoms with E-state index in [0.29, 0.717) is 0 Å². The zero-order valence-corrected chi connectivity index (χ0v) is 9.20. The molecule has 0 amide bonds. The Morgan fingerprint density at radius 2 is 2.27 bits per heavy atom. The molecule has 0 spiro atoms. The molecular weight excluding hydrogens is 321 g/mol. The highest BCUT2D eigenvalue weighted by Crippen LogP contribution is 2.24. The van der Waals surface area contributed by atoms with Gasteiger partial charge in [0.2, 0.25) is 0 Å². The number of rotatable bonds is 2. The molecule has 15 heavy (non-hydrogen) atoms. The molecule has 0 saturated carbocycles. The van der Waals surface area contributed by atoms with Crippen LogP contribution in [-0.2, 0) is 0 Å². The van der Waals surface area contributed by atoms with E-state index < -0.39 is 23.8 Å². The molecule has 7 heteroatoms. The van der Waals surface area contributed by atoms with E-state index in [4.69, 9.17) is 10.4 Å².